The van der Waals surface area contributed by atoms with Crippen LogP contribution in [0, 0.1) is 0 Å². The molecule has 108 valence electrons. The SMILES string of the molecule is O=C1Nc2ccccc2C1(Br)Cc1ccc2ccccc2c1. The predicted octanol–water partition coefficient (Wildman–Crippen LogP) is 4.62. The van der Waals surface area contributed by atoms with Gasteiger partial charge in [0.2, 0.25) is 5.91 Å². The molecule has 0 fully saturated rings. The lowest BCUT2D eigenvalue weighted by atomic mass is 9.92. The Balaban J connectivity index is 1.76. The van der Waals surface area contributed by atoms with E-state index < -0.39 is 4.32 Å². The maximum absolute atomic E-state index is 12.5. The molecule has 4 rings (SSSR count). The van der Waals surface area contributed by atoms with Gasteiger partial charge in [-0.3, -0.25) is 4.79 Å². The van der Waals surface area contributed by atoms with Crippen LogP contribution >= 0.6 is 15.9 Å². The molecule has 1 heterocycles. The number of hydrogen-bond acceptors (Lipinski definition) is 1. The van der Waals surface area contributed by atoms with Gasteiger partial charge in [-0.05, 0) is 22.4 Å². The summed E-state index contributed by atoms with van der Waals surface area (Å²) in [5.74, 6) is 0.00172. The Kier molecular flexibility index (Phi) is 3.05. The lowest BCUT2D eigenvalue weighted by Gasteiger charge is -2.20. The lowest BCUT2D eigenvalue weighted by molar-refractivity contribution is -0.117. The van der Waals surface area contributed by atoms with Crippen LogP contribution in [0.5, 0.6) is 0 Å². The molecule has 0 bridgehead atoms. The fourth-order valence-electron chi connectivity index (χ4n) is 3.09. The Morgan fingerprint density at radius 2 is 1.64 bits per heavy atom. The molecule has 0 spiro atoms. The van der Waals surface area contributed by atoms with Gasteiger partial charge in [0, 0.05) is 17.7 Å². The van der Waals surface area contributed by atoms with E-state index >= 15 is 0 Å². The average molecular weight is 352 g/mol. The minimum Gasteiger partial charge on any atom is -0.324 e. The summed E-state index contributed by atoms with van der Waals surface area (Å²) in [6.45, 7) is 0. The quantitative estimate of drug-likeness (QED) is 0.670. The van der Waals surface area contributed by atoms with Crippen LogP contribution in [0.15, 0.2) is 66.7 Å². The van der Waals surface area contributed by atoms with Crippen molar-refractivity contribution in [2.45, 2.75) is 10.7 Å². The first kappa shape index (κ1) is 13.5. The van der Waals surface area contributed by atoms with E-state index in [2.05, 4.69) is 51.6 Å². The van der Waals surface area contributed by atoms with Crippen molar-refractivity contribution >= 4 is 38.3 Å². The van der Waals surface area contributed by atoms with Crippen molar-refractivity contribution in [2.24, 2.45) is 0 Å². The van der Waals surface area contributed by atoms with Crippen molar-refractivity contribution in [2.75, 3.05) is 5.32 Å². The van der Waals surface area contributed by atoms with E-state index in [1.54, 1.807) is 0 Å². The number of alkyl halides is 1. The molecule has 1 aliphatic rings. The summed E-state index contributed by atoms with van der Waals surface area (Å²) >= 11 is 3.70. The molecular weight excluding hydrogens is 338 g/mol. The summed E-state index contributed by atoms with van der Waals surface area (Å²) in [4.78, 5) is 12.5. The first-order chi connectivity index (χ1) is 10.7. The van der Waals surface area contributed by atoms with Crippen LogP contribution in [-0.2, 0) is 15.5 Å². The third kappa shape index (κ3) is 2.04. The fourth-order valence-corrected chi connectivity index (χ4v) is 3.86. The van der Waals surface area contributed by atoms with Crippen molar-refractivity contribution in [3.63, 3.8) is 0 Å². The molecule has 1 unspecified atom stereocenters. The summed E-state index contributed by atoms with van der Waals surface area (Å²) in [6.07, 6.45) is 0.626. The van der Waals surface area contributed by atoms with Gasteiger partial charge >= 0.3 is 0 Å². The van der Waals surface area contributed by atoms with Crippen LogP contribution in [-0.4, -0.2) is 5.91 Å². The van der Waals surface area contributed by atoms with Gasteiger partial charge in [-0.25, -0.2) is 0 Å². The molecule has 1 amide bonds. The Labute approximate surface area is 137 Å². The van der Waals surface area contributed by atoms with Crippen molar-refractivity contribution in [3.8, 4) is 0 Å². The molecule has 1 atom stereocenters. The van der Waals surface area contributed by atoms with Gasteiger partial charge in [0.15, 0.2) is 0 Å². The summed E-state index contributed by atoms with van der Waals surface area (Å²) in [7, 11) is 0. The summed E-state index contributed by atoms with van der Waals surface area (Å²) in [5, 5.41) is 5.37. The predicted molar refractivity (Wildman–Crippen MR) is 93.3 cm³/mol. The highest BCUT2D eigenvalue weighted by atomic mass is 79.9. The fraction of sp³-hybridized carbons (Fsp3) is 0.105. The Morgan fingerprint density at radius 1 is 0.909 bits per heavy atom. The number of rotatable bonds is 2. The number of fused-ring (bicyclic) bond motifs is 2. The maximum atomic E-state index is 12.5. The number of carbonyl (C=O) groups excluding carboxylic acids is 1. The third-order valence-corrected chi connectivity index (χ3v) is 5.29. The van der Waals surface area contributed by atoms with Gasteiger partial charge in [-0.2, -0.15) is 0 Å². The van der Waals surface area contributed by atoms with Gasteiger partial charge in [0.1, 0.15) is 4.32 Å². The molecule has 2 nitrogen and oxygen atoms in total. The highest BCUT2D eigenvalue weighted by molar-refractivity contribution is 9.10. The van der Waals surface area contributed by atoms with Crippen LogP contribution < -0.4 is 5.32 Å². The first-order valence-electron chi connectivity index (χ1n) is 7.24. The van der Waals surface area contributed by atoms with E-state index in [1.807, 2.05) is 36.4 Å². The second-order valence-electron chi connectivity index (χ2n) is 5.66. The number of anilines is 1. The molecule has 3 aromatic rings. The molecule has 22 heavy (non-hydrogen) atoms. The molecule has 1 aliphatic heterocycles. The second-order valence-corrected chi connectivity index (χ2v) is 7.01. The Hall–Kier alpha value is -2.13. The monoisotopic (exact) mass is 351 g/mol. The molecule has 0 radical (unpaired) electrons. The van der Waals surface area contributed by atoms with Crippen molar-refractivity contribution < 1.29 is 4.79 Å². The van der Waals surface area contributed by atoms with Crippen molar-refractivity contribution in [1.29, 1.82) is 0 Å². The number of hydrogen-bond donors (Lipinski definition) is 1. The van der Waals surface area contributed by atoms with Gasteiger partial charge < -0.3 is 5.32 Å². The number of carbonyl (C=O) groups is 1. The summed E-state index contributed by atoms with van der Waals surface area (Å²) in [6, 6.07) is 22.5. The zero-order valence-corrected chi connectivity index (χ0v) is 13.4. The van der Waals surface area contributed by atoms with E-state index in [0.717, 1.165) is 16.8 Å². The molecule has 0 aliphatic carbocycles. The molecular formula is C19H14BrNO. The van der Waals surface area contributed by atoms with E-state index in [4.69, 9.17) is 0 Å². The standard InChI is InChI=1S/C19H14BrNO/c20-19(16-7-3-4-8-17(16)21-18(19)22)12-13-9-10-14-5-1-2-6-15(14)11-13/h1-11H,12H2,(H,21,22). The van der Waals surface area contributed by atoms with Crippen LogP contribution in [0.1, 0.15) is 11.1 Å². The van der Waals surface area contributed by atoms with E-state index in [1.165, 1.54) is 10.8 Å². The zero-order valence-electron chi connectivity index (χ0n) is 11.8. The largest absolute Gasteiger partial charge is 0.324 e. The highest BCUT2D eigenvalue weighted by Gasteiger charge is 2.44. The molecule has 0 aromatic heterocycles. The topological polar surface area (TPSA) is 29.1 Å². The van der Waals surface area contributed by atoms with E-state index in [0.29, 0.717) is 6.42 Å². The van der Waals surface area contributed by atoms with Gasteiger partial charge in [-0.15, -0.1) is 0 Å². The van der Waals surface area contributed by atoms with Gasteiger partial charge in [0.05, 0.1) is 0 Å². The van der Waals surface area contributed by atoms with Gasteiger partial charge in [-0.1, -0.05) is 76.6 Å². The van der Waals surface area contributed by atoms with Gasteiger partial charge in [0.25, 0.3) is 0 Å². The normalized spacial score (nSPS) is 20.0. The molecule has 3 heteroatoms. The summed E-state index contributed by atoms with van der Waals surface area (Å²) in [5.41, 5.74) is 3.04. The highest BCUT2D eigenvalue weighted by Crippen LogP contribution is 2.44. The number of nitrogens with one attached hydrogen (secondary N) is 1. The second kappa shape index (κ2) is 4.96. The maximum Gasteiger partial charge on any atom is 0.246 e. The number of amides is 1. The molecule has 1 N–H and O–H groups in total. The van der Waals surface area contributed by atoms with E-state index in [9.17, 15) is 4.79 Å². The Morgan fingerprint density at radius 3 is 2.50 bits per heavy atom. The van der Waals surface area contributed by atoms with Crippen molar-refractivity contribution in [1.82, 2.24) is 0 Å². The van der Waals surface area contributed by atoms with Crippen LogP contribution in [0.25, 0.3) is 10.8 Å². The van der Waals surface area contributed by atoms with Crippen LogP contribution in [0.3, 0.4) is 0 Å². The Bertz CT molecular complexity index is 889. The zero-order chi connectivity index (χ0) is 15.2. The van der Waals surface area contributed by atoms with Crippen LogP contribution in [0.4, 0.5) is 5.69 Å². The summed E-state index contributed by atoms with van der Waals surface area (Å²) < 4.78 is -0.688. The average Bonchev–Trinajstić information content (AvgIpc) is 2.79. The molecule has 0 saturated carbocycles. The first-order valence-corrected chi connectivity index (χ1v) is 8.04. The third-order valence-electron chi connectivity index (χ3n) is 4.22. The molecule has 3 aromatic carbocycles. The lowest BCUT2D eigenvalue weighted by Crippen LogP contribution is -2.30. The number of benzene rings is 3. The van der Waals surface area contributed by atoms with Crippen molar-refractivity contribution in [3.05, 3.63) is 77.9 Å². The minimum atomic E-state index is -0.688. The number of para-hydroxylation sites is 1. The molecule has 0 saturated heterocycles. The number of halogens is 1. The smallest absolute Gasteiger partial charge is 0.246 e. The van der Waals surface area contributed by atoms with E-state index in [-0.39, 0.29) is 5.91 Å². The van der Waals surface area contributed by atoms with Crippen LogP contribution in [0.2, 0.25) is 0 Å². The minimum absolute atomic E-state index is 0.00172.